The monoisotopic (exact) mass is 1550 g/mol. The number of carbonyl (C=O) groups excluding carboxylic acids is 3. The number of aliphatic carboxylic acids is 1. The van der Waals surface area contributed by atoms with E-state index in [9.17, 15) is 106 Å². The second kappa shape index (κ2) is 49.9. The number of hydrogen-bond donors (Lipinski definition) is 20. The lowest BCUT2D eigenvalue weighted by molar-refractivity contribution is -0.403. The quantitative estimate of drug-likeness (QED) is 0.0255. The highest BCUT2D eigenvalue weighted by molar-refractivity contribution is 5.77. The lowest BCUT2D eigenvalue weighted by Gasteiger charge is -2.52. The van der Waals surface area contributed by atoms with Crippen LogP contribution in [0.5, 0.6) is 0 Å². The Labute approximate surface area is 627 Å². The van der Waals surface area contributed by atoms with Crippen molar-refractivity contribution in [1.82, 2.24) is 16.0 Å². The number of unbranched alkanes of at least 4 members (excludes halogenated alkanes) is 25. The number of hydrogen-bond acceptors (Lipinski definition) is 30. The van der Waals surface area contributed by atoms with Crippen LogP contribution in [0, 0.1) is 0 Å². The molecule has 5 heterocycles. The standard InChI is InChI=1S/C73H131N3O31/c1-5-7-9-11-13-15-17-19-20-22-24-26-28-30-32-34-52(87)76-44(45(84)33-31-29-27-25-23-21-18-16-14-12-10-8-6-2)41-98-69-61(94)59(92)63(50(39-80)101-69)103-71-62(95)67(107-73(72(96)97)35-46(85)53(74-42(3)82)66(106-73)55(88)47(86)36-77)64(51(40-81)102-71)104-68-54(75-43(4)83)65(57(90)49(38-79)99-68)105-70-60(93)58(91)56(89)48(37-78)100-70/h31,33,44-51,53-71,77-81,84-86,88-95H,5-30,32,34-41H2,1-4H3,(H,74,82)(H,75,83)(H,76,87)(H,96,97)/b33-31+/t44-,45+,46+,47?,48?,49?,50-,51?,53+,54?,55+,56-,57-,58-,59?,60?,61?,62?,63+,64-,65+,66?,67+,68-,69+,70-,71-,73-/m0/s1. The maximum absolute atomic E-state index is 13.8. The van der Waals surface area contributed by atoms with Crippen molar-refractivity contribution in [2.24, 2.45) is 0 Å². The molecule has 10 unspecified atom stereocenters. The van der Waals surface area contributed by atoms with E-state index in [1.54, 1.807) is 6.08 Å². The van der Waals surface area contributed by atoms with Gasteiger partial charge in [0.25, 0.3) is 5.79 Å². The third kappa shape index (κ3) is 29.2. The molecule has 34 heteroatoms. The molecule has 5 saturated heterocycles. The molecular weight excluding hydrogens is 1410 g/mol. The van der Waals surface area contributed by atoms with Crippen molar-refractivity contribution < 1.29 is 153 Å². The predicted octanol–water partition coefficient (Wildman–Crippen LogP) is -1.04. The fourth-order valence-electron chi connectivity index (χ4n) is 14.3. The van der Waals surface area contributed by atoms with Crippen LogP contribution < -0.4 is 16.0 Å². The second-order valence-electron chi connectivity index (χ2n) is 29.3. The van der Waals surface area contributed by atoms with Crippen LogP contribution in [0.25, 0.3) is 0 Å². The summed E-state index contributed by atoms with van der Waals surface area (Å²) in [6.07, 6.45) is -16.8. The first-order chi connectivity index (χ1) is 51.3. The number of nitrogens with one attached hydrogen (secondary N) is 3. The van der Waals surface area contributed by atoms with Gasteiger partial charge in [-0.05, 0) is 19.3 Å². The Morgan fingerprint density at radius 3 is 1.44 bits per heavy atom. The Kier molecular flexibility index (Phi) is 44.0. The number of ether oxygens (including phenoxy) is 10. The molecule has 0 saturated carbocycles. The van der Waals surface area contributed by atoms with E-state index in [1.165, 1.54) is 103 Å². The van der Waals surface area contributed by atoms with Crippen LogP contribution in [0.3, 0.4) is 0 Å². The lowest BCUT2D eigenvalue weighted by Crippen LogP contribution is -2.72. The molecule has 20 N–H and O–H groups in total. The molecule has 5 rings (SSSR count). The van der Waals surface area contributed by atoms with Crippen LogP contribution in [0.15, 0.2) is 12.2 Å². The largest absolute Gasteiger partial charge is 0.477 e. The molecule has 0 bridgehead atoms. The molecule has 28 atom stereocenters. The summed E-state index contributed by atoms with van der Waals surface area (Å²) in [5.41, 5.74) is 0. The first kappa shape index (κ1) is 94.2. The van der Waals surface area contributed by atoms with E-state index in [0.717, 1.165) is 71.6 Å². The van der Waals surface area contributed by atoms with Crippen LogP contribution in [-0.2, 0) is 66.5 Å². The number of carboxylic acid groups (broad SMARTS) is 1. The molecule has 0 aromatic carbocycles. The SMILES string of the molecule is CCCCCCCCCCCCC/C=C/[C@@H](O)[C@H](CO[C@@H]1O[C@@H](CO)[C@@H](O[C@@H]2OC(CO)[C@H](O[C@@H]3OC(CO)[C@H](O)[C@H](O[C@@H]4OC(CO)[C@H](O)[C@H](O)C4O)C3NC(C)=O)[C@H](O[C@]3(C(=O)O)C[C@@H](O)[C@@H](NC(C)=O)C([C@H](O)C(O)CO)O3)C2O)C(O)C1O)NC(=O)CCCCCCCCCCCCCCCCC. The summed E-state index contributed by atoms with van der Waals surface area (Å²) in [5.74, 6) is -7.71. The highest BCUT2D eigenvalue weighted by Gasteiger charge is 2.62. The van der Waals surface area contributed by atoms with Gasteiger partial charge in [0.15, 0.2) is 25.2 Å². The first-order valence-corrected chi connectivity index (χ1v) is 39.1. The Morgan fingerprint density at radius 2 is 0.925 bits per heavy atom. The third-order valence-electron chi connectivity index (χ3n) is 20.6. The second-order valence-corrected chi connectivity index (χ2v) is 29.3. The molecule has 3 amide bonds. The summed E-state index contributed by atoms with van der Waals surface area (Å²) in [7, 11) is 0. The minimum atomic E-state index is -3.38. The molecule has 0 aliphatic carbocycles. The minimum Gasteiger partial charge on any atom is -0.477 e. The summed E-state index contributed by atoms with van der Waals surface area (Å²) < 4.78 is 60.1. The molecule has 0 aromatic heterocycles. The number of allylic oxidation sites excluding steroid dienone is 1. The smallest absolute Gasteiger partial charge is 0.364 e. The van der Waals surface area contributed by atoms with E-state index in [0.29, 0.717) is 12.8 Å². The van der Waals surface area contributed by atoms with E-state index in [4.69, 9.17) is 47.4 Å². The molecule has 5 fully saturated rings. The molecule has 107 heavy (non-hydrogen) atoms. The molecule has 5 aliphatic rings. The van der Waals surface area contributed by atoms with E-state index in [-0.39, 0.29) is 12.3 Å². The zero-order valence-electron chi connectivity index (χ0n) is 62.8. The van der Waals surface area contributed by atoms with Gasteiger partial charge in [-0.2, -0.15) is 0 Å². The Morgan fingerprint density at radius 1 is 0.486 bits per heavy atom. The molecular formula is C73H131N3O31. The summed E-state index contributed by atoms with van der Waals surface area (Å²) in [4.78, 5) is 53.0. The van der Waals surface area contributed by atoms with Crippen LogP contribution in [-0.4, -0.2) is 321 Å². The van der Waals surface area contributed by atoms with Gasteiger partial charge in [0, 0.05) is 26.7 Å². The Balaban J connectivity index is 1.40. The molecule has 5 aliphatic heterocycles. The van der Waals surface area contributed by atoms with Crippen LogP contribution in [0.4, 0.5) is 0 Å². The normalized spacial score (nSPS) is 34.6. The maximum atomic E-state index is 13.8. The van der Waals surface area contributed by atoms with Gasteiger partial charge in [-0.1, -0.05) is 180 Å². The fourth-order valence-corrected chi connectivity index (χ4v) is 14.3. The maximum Gasteiger partial charge on any atom is 0.364 e. The fraction of sp³-hybridized carbons (Fsp3) is 0.918. The number of rotatable bonds is 52. The number of amides is 3. The topological polar surface area (TPSA) is 541 Å². The summed E-state index contributed by atoms with van der Waals surface area (Å²) in [5, 5.41) is 197. The molecule has 0 aromatic rings. The number of carbonyl (C=O) groups is 4. The summed E-state index contributed by atoms with van der Waals surface area (Å²) in [6.45, 7) is 0.317. The minimum absolute atomic E-state index is 0.135. The van der Waals surface area contributed by atoms with Gasteiger partial charge in [0.05, 0.1) is 63.9 Å². The van der Waals surface area contributed by atoms with Crippen molar-refractivity contribution in [3.8, 4) is 0 Å². The average molecular weight is 1550 g/mol. The molecule has 0 radical (unpaired) electrons. The number of carboxylic acids is 1. The highest BCUT2D eigenvalue weighted by Crippen LogP contribution is 2.41. The predicted molar refractivity (Wildman–Crippen MR) is 378 cm³/mol. The van der Waals surface area contributed by atoms with E-state index in [1.807, 2.05) is 6.08 Å². The highest BCUT2D eigenvalue weighted by atomic mass is 16.8. The summed E-state index contributed by atoms with van der Waals surface area (Å²) in [6, 6.07) is -4.81. The number of aliphatic hydroxyl groups excluding tert-OH is 16. The van der Waals surface area contributed by atoms with Crippen molar-refractivity contribution in [2.75, 3.05) is 39.6 Å². The van der Waals surface area contributed by atoms with Gasteiger partial charge in [-0.3, -0.25) is 14.4 Å². The Hall–Kier alpha value is -3.42. The first-order valence-electron chi connectivity index (χ1n) is 39.1. The molecule has 624 valence electrons. The molecule has 34 nitrogen and oxygen atoms in total. The zero-order chi connectivity index (χ0) is 78.8. The zero-order valence-corrected chi connectivity index (χ0v) is 62.8. The van der Waals surface area contributed by atoms with E-state index in [2.05, 4.69) is 29.8 Å². The van der Waals surface area contributed by atoms with Crippen LogP contribution in [0.1, 0.15) is 214 Å². The van der Waals surface area contributed by atoms with Gasteiger partial charge < -0.3 is 150 Å². The van der Waals surface area contributed by atoms with Gasteiger partial charge in [-0.15, -0.1) is 0 Å². The van der Waals surface area contributed by atoms with E-state index < -0.39 is 235 Å². The van der Waals surface area contributed by atoms with Gasteiger partial charge in [-0.25, -0.2) is 4.79 Å². The van der Waals surface area contributed by atoms with Crippen molar-refractivity contribution in [3.63, 3.8) is 0 Å². The van der Waals surface area contributed by atoms with Crippen LogP contribution >= 0.6 is 0 Å². The van der Waals surface area contributed by atoms with Gasteiger partial charge in [0.1, 0.15) is 116 Å². The van der Waals surface area contributed by atoms with Gasteiger partial charge in [0.2, 0.25) is 17.7 Å². The average Bonchev–Trinajstić information content (AvgIpc) is 0.750. The van der Waals surface area contributed by atoms with Crippen molar-refractivity contribution >= 4 is 23.7 Å². The van der Waals surface area contributed by atoms with Crippen LogP contribution in [0.2, 0.25) is 0 Å². The van der Waals surface area contributed by atoms with E-state index >= 15 is 0 Å². The molecule has 0 spiro atoms. The lowest BCUT2D eigenvalue weighted by atomic mass is 9.88. The Bertz CT molecular complexity index is 2500. The van der Waals surface area contributed by atoms with Gasteiger partial charge >= 0.3 is 5.97 Å². The number of aliphatic hydroxyl groups is 16. The van der Waals surface area contributed by atoms with Crippen molar-refractivity contribution in [3.05, 3.63) is 12.2 Å². The third-order valence-corrected chi connectivity index (χ3v) is 20.6. The summed E-state index contributed by atoms with van der Waals surface area (Å²) >= 11 is 0. The van der Waals surface area contributed by atoms with Crippen molar-refractivity contribution in [1.29, 1.82) is 0 Å². The van der Waals surface area contributed by atoms with Crippen molar-refractivity contribution in [2.45, 2.75) is 385 Å².